The van der Waals surface area contributed by atoms with Crippen molar-refractivity contribution in [3.63, 3.8) is 0 Å². The van der Waals surface area contributed by atoms with Crippen LogP contribution in [0, 0.1) is 5.92 Å². The van der Waals surface area contributed by atoms with Gasteiger partial charge in [-0.2, -0.15) is 0 Å². The number of H-pyrrole nitrogens is 1. The zero-order valence-electron chi connectivity index (χ0n) is 22.3. The minimum absolute atomic E-state index is 0.0719. The SMILES string of the molecule is COc1ccc(CC2CC(C(=O)NCc3cc4cnccc4[nH]3)N(C(=O)C3NCCc4cc(Cl)ccc43)C2)cc1. The normalized spacial score (nSPS) is 20.4. The molecule has 0 saturated carbocycles. The zero-order chi connectivity index (χ0) is 27.6. The van der Waals surface area contributed by atoms with Crippen LogP contribution >= 0.6 is 11.6 Å². The maximum absolute atomic E-state index is 14.1. The number of nitrogens with zero attached hydrogens (tertiary/aromatic N) is 2. The Hall–Kier alpha value is -3.88. The van der Waals surface area contributed by atoms with Crippen molar-refractivity contribution in [2.24, 2.45) is 5.92 Å². The summed E-state index contributed by atoms with van der Waals surface area (Å²) in [7, 11) is 1.65. The van der Waals surface area contributed by atoms with Gasteiger partial charge in [-0.25, -0.2) is 0 Å². The van der Waals surface area contributed by atoms with Gasteiger partial charge in [-0.15, -0.1) is 0 Å². The molecule has 8 nitrogen and oxygen atoms in total. The van der Waals surface area contributed by atoms with Crippen LogP contribution in [0.25, 0.3) is 10.9 Å². The molecule has 3 unspecified atom stereocenters. The quantitative estimate of drug-likeness (QED) is 0.316. The van der Waals surface area contributed by atoms with E-state index in [1.165, 1.54) is 0 Å². The summed E-state index contributed by atoms with van der Waals surface area (Å²) in [5.41, 5.74) is 5.03. The predicted molar refractivity (Wildman–Crippen MR) is 154 cm³/mol. The smallest absolute Gasteiger partial charge is 0.245 e. The first-order valence-corrected chi connectivity index (χ1v) is 14.0. The summed E-state index contributed by atoms with van der Waals surface area (Å²) in [6.45, 7) is 1.54. The lowest BCUT2D eigenvalue weighted by Crippen LogP contribution is -2.50. The highest BCUT2D eigenvalue weighted by Crippen LogP contribution is 2.33. The zero-order valence-corrected chi connectivity index (χ0v) is 23.1. The summed E-state index contributed by atoms with van der Waals surface area (Å²) < 4.78 is 5.29. The van der Waals surface area contributed by atoms with E-state index in [-0.39, 0.29) is 17.7 Å². The molecule has 0 radical (unpaired) electrons. The maximum Gasteiger partial charge on any atom is 0.245 e. The minimum Gasteiger partial charge on any atom is -0.497 e. The Bertz CT molecular complexity index is 1500. The number of nitrogens with one attached hydrogen (secondary N) is 3. The number of amides is 2. The monoisotopic (exact) mass is 557 g/mol. The number of benzene rings is 2. The van der Waals surface area contributed by atoms with Gasteiger partial charge < -0.3 is 25.3 Å². The van der Waals surface area contributed by atoms with Gasteiger partial charge in [0.05, 0.1) is 13.7 Å². The fourth-order valence-electron chi connectivity index (χ4n) is 6.01. The van der Waals surface area contributed by atoms with Gasteiger partial charge in [-0.3, -0.25) is 14.6 Å². The van der Waals surface area contributed by atoms with Crippen LogP contribution in [0.15, 0.2) is 67.0 Å². The van der Waals surface area contributed by atoms with Crippen molar-refractivity contribution in [3.8, 4) is 5.75 Å². The fraction of sp³-hybridized carbons (Fsp3) is 0.323. The van der Waals surface area contributed by atoms with Gasteiger partial charge in [-0.05, 0) is 78.3 Å². The second kappa shape index (κ2) is 11.3. The van der Waals surface area contributed by atoms with Crippen LogP contribution in [-0.4, -0.2) is 52.9 Å². The number of aromatic amines is 1. The van der Waals surface area contributed by atoms with E-state index >= 15 is 0 Å². The summed E-state index contributed by atoms with van der Waals surface area (Å²) in [6, 6.07) is 16.5. The summed E-state index contributed by atoms with van der Waals surface area (Å²) >= 11 is 6.24. The molecule has 4 aromatic rings. The van der Waals surface area contributed by atoms with Crippen molar-refractivity contribution in [2.45, 2.75) is 37.9 Å². The molecule has 1 saturated heterocycles. The van der Waals surface area contributed by atoms with Crippen LogP contribution in [0.1, 0.15) is 34.8 Å². The van der Waals surface area contributed by atoms with Gasteiger partial charge in [-0.1, -0.05) is 29.8 Å². The molecule has 0 aliphatic carbocycles. The van der Waals surface area contributed by atoms with Crippen molar-refractivity contribution < 1.29 is 14.3 Å². The molecule has 3 N–H and O–H groups in total. The van der Waals surface area contributed by atoms with E-state index in [0.717, 1.165) is 51.9 Å². The Morgan fingerprint density at radius 2 is 2.00 bits per heavy atom. The highest BCUT2D eigenvalue weighted by molar-refractivity contribution is 6.30. The lowest BCUT2D eigenvalue weighted by Gasteiger charge is -2.32. The average Bonchev–Trinajstić information content (AvgIpc) is 3.59. The summed E-state index contributed by atoms with van der Waals surface area (Å²) in [5.74, 6) is 0.742. The average molecular weight is 558 g/mol. The van der Waals surface area contributed by atoms with Crippen molar-refractivity contribution in [1.82, 2.24) is 25.5 Å². The van der Waals surface area contributed by atoms with Gasteiger partial charge in [0.1, 0.15) is 17.8 Å². The van der Waals surface area contributed by atoms with Gasteiger partial charge in [0.25, 0.3) is 0 Å². The van der Waals surface area contributed by atoms with Gasteiger partial charge in [0.15, 0.2) is 0 Å². The Morgan fingerprint density at radius 1 is 1.15 bits per heavy atom. The van der Waals surface area contributed by atoms with Crippen LogP contribution < -0.4 is 15.4 Å². The third kappa shape index (κ3) is 5.42. The topological polar surface area (TPSA) is 99.3 Å². The molecule has 206 valence electrons. The largest absolute Gasteiger partial charge is 0.497 e. The number of halogens is 1. The van der Waals surface area contributed by atoms with E-state index in [4.69, 9.17) is 16.3 Å². The molecule has 6 rings (SSSR count). The molecular weight excluding hydrogens is 526 g/mol. The fourth-order valence-corrected chi connectivity index (χ4v) is 6.20. The molecule has 2 aromatic heterocycles. The van der Waals surface area contributed by atoms with Crippen LogP contribution in [0.4, 0.5) is 0 Å². The summed E-state index contributed by atoms with van der Waals surface area (Å²) in [5, 5.41) is 8.12. The van der Waals surface area contributed by atoms with Crippen molar-refractivity contribution in [1.29, 1.82) is 0 Å². The molecular formula is C31H32ClN5O3. The van der Waals surface area contributed by atoms with Gasteiger partial charge >= 0.3 is 0 Å². The third-order valence-corrected chi connectivity index (χ3v) is 8.23. The van der Waals surface area contributed by atoms with Crippen LogP contribution in [0.5, 0.6) is 5.75 Å². The van der Waals surface area contributed by atoms with Crippen LogP contribution in [0.3, 0.4) is 0 Å². The Labute approximate surface area is 238 Å². The Balaban J connectivity index is 1.22. The molecule has 0 spiro atoms. The molecule has 1 fully saturated rings. The highest BCUT2D eigenvalue weighted by Gasteiger charge is 2.42. The predicted octanol–water partition coefficient (Wildman–Crippen LogP) is 4.19. The maximum atomic E-state index is 14.1. The molecule has 2 aromatic carbocycles. The number of carbonyl (C=O) groups excluding carboxylic acids is 2. The minimum atomic E-state index is -0.554. The Morgan fingerprint density at radius 3 is 2.80 bits per heavy atom. The van der Waals surface area contributed by atoms with Crippen LogP contribution in [0.2, 0.25) is 5.02 Å². The van der Waals surface area contributed by atoms with E-state index in [2.05, 4.69) is 20.6 Å². The Kier molecular flexibility index (Phi) is 7.45. The number of carbonyl (C=O) groups is 2. The number of ether oxygens (including phenoxy) is 1. The second-order valence-electron chi connectivity index (χ2n) is 10.6. The van der Waals surface area contributed by atoms with Gasteiger partial charge in [0, 0.05) is 47.1 Å². The van der Waals surface area contributed by atoms with Crippen molar-refractivity contribution in [2.75, 3.05) is 20.2 Å². The molecule has 2 amide bonds. The number of hydrogen-bond donors (Lipinski definition) is 3. The molecule has 3 atom stereocenters. The third-order valence-electron chi connectivity index (χ3n) is 7.99. The standard InChI is InChI=1S/C31H32ClN5O3/c1-40-25-5-2-19(3-6-25)12-20-13-28(30(38)35-17-24-15-22-16-33-10-9-27(22)36-24)37(18-20)31(39)29-26-7-4-23(32)14-21(26)8-11-34-29/h2-7,9-10,14-16,20,28-29,34,36H,8,11-13,17-18H2,1H3,(H,35,38). The molecule has 9 heteroatoms. The lowest BCUT2D eigenvalue weighted by molar-refractivity contribution is -0.140. The first-order valence-electron chi connectivity index (χ1n) is 13.6. The molecule has 2 aliphatic heterocycles. The number of aromatic nitrogens is 2. The number of likely N-dealkylation sites (tertiary alicyclic amines) is 1. The van der Waals surface area contributed by atoms with E-state index in [0.29, 0.717) is 31.1 Å². The second-order valence-corrected chi connectivity index (χ2v) is 11.1. The molecule has 0 bridgehead atoms. The van der Waals surface area contributed by atoms with Gasteiger partial charge in [0.2, 0.25) is 11.8 Å². The van der Waals surface area contributed by atoms with Crippen molar-refractivity contribution in [3.05, 3.63) is 94.4 Å². The van der Waals surface area contributed by atoms with Crippen LogP contribution in [-0.2, 0) is 29.0 Å². The number of methoxy groups -OCH3 is 1. The first kappa shape index (κ1) is 26.3. The molecule has 2 aliphatic rings. The number of pyridine rings is 1. The lowest BCUT2D eigenvalue weighted by atomic mass is 9.93. The van der Waals surface area contributed by atoms with E-state index in [9.17, 15) is 9.59 Å². The summed E-state index contributed by atoms with van der Waals surface area (Å²) in [6.07, 6.45) is 5.71. The number of hydrogen-bond acceptors (Lipinski definition) is 5. The first-order chi connectivity index (χ1) is 19.5. The summed E-state index contributed by atoms with van der Waals surface area (Å²) in [4.78, 5) is 36.9. The van der Waals surface area contributed by atoms with E-state index < -0.39 is 12.1 Å². The number of rotatable bonds is 7. The van der Waals surface area contributed by atoms with E-state index in [1.807, 2.05) is 54.6 Å². The number of fused-ring (bicyclic) bond motifs is 2. The highest BCUT2D eigenvalue weighted by atomic mass is 35.5. The van der Waals surface area contributed by atoms with E-state index in [1.54, 1.807) is 24.4 Å². The van der Waals surface area contributed by atoms with Crippen molar-refractivity contribution >= 4 is 34.3 Å². The molecule has 4 heterocycles. The molecule has 40 heavy (non-hydrogen) atoms.